The van der Waals surface area contributed by atoms with Crippen LogP contribution in [-0.4, -0.2) is 58.9 Å². The van der Waals surface area contributed by atoms with Crippen LogP contribution in [0.5, 0.6) is 11.5 Å². The lowest BCUT2D eigenvalue weighted by atomic mass is 9.79. The predicted molar refractivity (Wildman–Crippen MR) is 104 cm³/mol. The Kier molecular flexibility index (Phi) is 9.34. The molecule has 0 aliphatic carbocycles. The summed E-state index contributed by atoms with van der Waals surface area (Å²) in [6.07, 6.45) is 1.90. The van der Waals surface area contributed by atoms with Crippen molar-refractivity contribution in [2.24, 2.45) is 11.1 Å². The summed E-state index contributed by atoms with van der Waals surface area (Å²) in [6.45, 7) is 2.73. The van der Waals surface area contributed by atoms with Crippen molar-refractivity contribution in [1.29, 1.82) is 0 Å². The number of amides is 2. The van der Waals surface area contributed by atoms with Gasteiger partial charge in [0, 0.05) is 24.6 Å². The van der Waals surface area contributed by atoms with Gasteiger partial charge in [-0.25, -0.2) is 0 Å². The van der Waals surface area contributed by atoms with E-state index >= 15 is 0 Å². The van der Waals surface area contributed by atoms with E-state index in [1.807, 2.05) is 0 Å². The number of hydrogen-bond acceptors (Lipinski definition) is 6. The molecular formula is C18H28ClN3O5. The van der Waals surface area contributed by atoms with Crippen molar-refractivity contribution >= 4 is 24.2 Å². The van der Waals surface area contributed by atoms with Crippen LogP contribution in [0.2, 0.25) is 0 Å². The van der Waals surface area contributed by atoms with Crippen LogP contribution >= 0.6 is 12.4 Å². The standard InChI is InChI=1S/C18H27N3O5.ClH/c1-24-12-18(5-7-20-8-6-18)11-21-17(23)13-3-4-14(15(9-13)25-2)26-10-16(19)22;/h3-4,9,20H,5-8,10-12H2,1-2H3,(H2,19,22)(H,21,23);1H. The van der Waals surface area contributed by atoms with E-state index < -0.39 is 5.91 Å². The molecular weight excluding hydrogens is 374 g/mol. The third-order valence-corrected chi connectivity index (χ3v) is 4.53. The Labute approximate surface area is 165 Å². The third kappa shape index (κ3) is 6.57. The van der Waals surface area contributed by atoms with Crippen molar-refractivity contribution in [1.82, 2.24) is 10.6 Å². The molecule has 0 atom stereocenters. The van der Waals surface area contributed by atoms with Crippen molar-refractivity contribution in [2.75, 3.05) is 47.1 Å². The Balaban J connectivity index is 0.00000364. The van der Waals surface area contributed by atoms with Crippen molar-refractivity contribution < 1.29 is 23.8 Å². The molecule has 4 N–H and O–H groups in total. The van der Waals surface area contributed by atoms with Gasteiger partial charge < -0.3 is 30.6 Å². The van der Waals surface area contributed by atoms with E-state index in [0.29, 0.717) is 30.2 Å². The first kappa shape index (κ1) is 23.0. The monoisotopic (exact) mass is 401 g/mol. The SMILES string of the molecule is COCC1(CNC(=O)c2ccc(OCC(N)=O)c(OC)c2)CCNCC1.Cl. The Morgan fingerprint density at radius 3 is 2.52 bits per heavy atom. The normalized spacial score (nSPS) is 15.3. The van der Waals surface area contributed by atoms with Crippen LogP contribution in [0.1, 0.15) is 23.2 Å². The predicted octanol–water partition coefficient (Wildman–Crippen LogP) is 0.727. The molecule has 1 heterocycles. The average Bonchev–Trinajstić information content (AvgIpc) is 2.65. The highest BCUT2D eigenvalue weighted by Gasteiger charge is 2.32. The molecule has 0 saturated carbocycles. The van der Waals surface area contributed by atoms with E-state index in [2.05, 4.69) is 10.6 Å². The molecule has 9 heteroatoms. The third-order valence-electron chi connectivity index (χ3n) is 4.53. The average molecular weight is 402 g/mol. The molecule has 27 heavy (non-hydrogen) atoms. The zero-order valence-electron chi connectivity index (χ0n) is 15.7. The lowest BCUT2D eigenvalue weighted by Gasteiger charge is -2.37. The molecule has 2 rings (SSSR count). The second kappa shape index (κ2) is 11.0. The van der Waals surface area contributed by atoms with Gasteiger partial charge in [-0.15, -0.1) is 12.4 Å². The van der Waals surface area contributed by atoms with Crippen LogP contribution in [0.3, 0.4) is 0 Å². The van der Waals surface area contributed by atoms with Gasteiger partial charge in [0.05, 0.1) is 13.7 Å². The van der Waals surface area contributed by atoms with Crippen molar-refractivity contribution in [3.05, 3.63) is 23.8 Å². The minimum atomic E-state index is -0.584. The van der Waals surface area contributed by atoms with Gasteiger partial charge >= 0.3 is 0 Å². The maximum absolute atomic E-state index is 12.5. The largest absolute Gasteiger partial charge is 0.493 e. The molecule has 0 unspecified atom stereocenters. The van der Waals surface area contributed by atoms with Crippen LogP contribution in [0.15, 0.2) is 18.2 Å². The number of benzene rings is 1. The van der Waals surface area contributed by atoms with Crippen molar-refractivity contribution in [3.8, 4) is 11.5 Å². The molecule has 1 saturated heterocycles. The molecule has 2 amide bonds. The fourth-order valence-electron chi connectivity index (χ4n) is 3.08. The van der Waals surface area contributed by atoms with Crippen molar-refractivity contribution in [2.45, 2.75) is 12.8 Å². The number of ether oxygens (including phenoxy) is 3. The maximum atomic E-state index is 12.5. The van der Waals surface area contributed by atoms with E-state index in [9.17, 15) is 9.59 Å². The quantitative estimate of drug-likeness (QED) is 0.562. The minimum absolute atomic E-state index is 0. The van der Waals surface area contributed by atoms with E-state index in [0.717, 1.165) is 25.9 Å². The first-order valence-electron chi connectivity index (χ1n) is 8.57. The number of carbonyl (C=O) groups is 2. The van der Waals surface area contributed by atoms with Gasteiger partial charge in [0.25, 0.3) is 11.8 Å². The first-order valence-corrected chi connectivity index (χ1v) is 8.57. The van der Waals surface area contributed by atoms with Gasteiger partial charge in [0.15, 0.2) is 18.1 Å². The highest BCUT2D eigenvalue weighted by molar-refractivity contribution is 5.95. The Hall–Kier alpha value is -2.03. The zero-order chi connectivity index (χ0) is 19.0. The molecule has 1 fully saturated rings. The van der Waals surface area contributed by atoms with E-state index in [-0.39, 0.29) is 30.3 Å². The lowest BCUT2D eigenvalue weighted by molar-refractivity contribution is -0.119. The molecule has 0 spiro atoms. The van der Waals surface area contributed by atoms with Gasteiger partial charge in [-0.2, -0.15) is 0 Å². The maximum Gasteiger partial charge on any atom is 0.255 e. The molecule has 1 aromatic carbocycles. The van der Waals surface area contributed by atoms with E-state index in [1.54, 1.807) is 25.3 Å². The highest BCUT2D eigenvalue weighted by Crippen LogP contribution is 2.30. The number of hydrogen-bond donors (Lipinski definition) is 3. The first-order chi connectivity index (χ1) is 12.5. The molecule has 0 bridgehead atoms. The van der Waals surface area contributed by atoms with Gasteiger partial charge in [0.1, 0.15) is 0 Å². The van der Waals surface area contributed by atoms with E-state index in [1.165, 1.54) is 7.11 Å². The van der Waals surface area contributed by atoms with Crippen LogP contribution in [0, 0.1) is 5.41 Å². The highest BCUT2D eigenvalue weighted by atomic mass is 35.5. The fourth-order valence-corrected chi connectivity index (χ4v) is 3.08. The van der Waals surface area contributed by atoms with Crippen LogP contribution in [0.25, 0.3) is 0 Å². The summed E-state index contributed by atoms with van der Waals surface area (Å²) in [6, 6.07) is 4.79. The molecule has 1 aromatic rings. The second-order valence-electron chi connectivity index (χ2n) is 6.49. The lowest BCUT2D eigenvalue weighted by Crippen LogP contribution is -2.47. The summed E-state index contributed by atoms with van der Waals surface area (Å²) in [4.78, 5) is 23.4. The number of methoxy groups -OCH3 is 2. The fraction of sp³-hybridized carbons (Fsp3) is 0.556. The summed E-state index contributed by atoms with van der Waals surface area (Å²) >= 11 is 0. The Bertz CT molecular complexity index is 630. The van der Waals surface area contributed by atoms with E-state index in [4.69, 9.17) is 19.9 Å². The number of rotatable bonds is 9. The molecule has 1 aliphatic heterocycles. The molecule has 152 valence electrons. The molecule has 0 aromatic heterocycles. The zero-order valence-corrected chi connectivity index (χ0v) is 16.5. The number of nitrogens with one attached hydrogen (secondary N) is 2. The molecule has 1 aliphatic rings. The van der Waals surface area contributed by atoms with Crippen LogP contribution < -0.4 is 25.8 Å². The minimum Gasteiger partial charge on any atom is -0.493 e. The summed E-state index contributed by atoms with van der Waals surface area (Å²) in [5.41, 5.74) is 5.48. The van der Waals surface area contributed by atoms with Gasteiger partial charge in [-0.1, -0.05) is 0 Å². The van der Waals surface area contributed by atoms with Gasteiger partial charge in [-0.3, -0.25) is 9.59 Å². The van der Waals surface area contributed by atoms with Crippen molar-refractivity contribution in [3.63, 3.8) is 0 Å². The molecule has 8 nitrogen and oxygen atoms in total. The number of nitrogens with two attached hydrogens (primary N) is 1. The summed E-state index contributed by atoms with van der Waals surface area (Å²) in [5, 5.41) is 6.32. The topological polar surface area (TPSA) is 112 Å². The number of primary amides is 1. The van der Waals surface area contributed by atoms with Gasteiger partial charge in [0.2, 0.25) is 0 Å². The Morgan fingerprint density at radius 2 is 1.93 bits per heavy atom. The molecule has 0 radical (unpaired) electrons. The number of halogens is 1. The van der Waals surface area contributed by atoms with Crippen LogP contribution in [0.4, 0.5) is 0 Å². The smallest absolute Gasteiger partial charge is 0.255 e. The van der Waals surface area contributed by atoms with Gasteiger partial charge in [-0.05, 0) is 44.1 Å². The number of piperidine rings is 1. The Morgan fingerprint density at radius 1 is 1.22 bits per heavy atom. The number of carbonyl (C=O) groups excluding carboxylic acids is 2. The summed E-state index contributed by atoms with van der Waals surface area (Å²) in [5.74, 6) is -0.0533. The summed E-state index contributed by atoms with van der Waals surface area (Å²) < 4.78 is 15.9. The summed E-state index contributed by atoms with van der Waals surface area (Å²) in [7, 11) is 3.15. The second-order valence-corrected chi connectivity index (χ2v) is 6.49. The van der Waals surface area contributed by atoms with Crippen LogP contribution in [-0.2, 0) is 9.53 Å².